The van der Waals surface area contributed by atoms with Crippen molar-refractivity contribution in [1.82, 2.24) is 0 Å². The summed E-state index contributed by atoms with van der Waals surface area (Å²) in [5, 5.41) is 0. The molecule has 50 heavy (non-hydrogen) atoms. The van der Waals surface area contributed by atoms with Crippen LogP contribution < -0.4 is 8.61 Å². The highest BCUT2D eigenvalue weighted by atomic mass is 33.1. The Balaban J connectivity index is 1.34. The lowest BCUT2D eigenvalue weighted by molar-refractivity contribution is 0.587. The second-order valence-corrected chi connectivity index (χ2v) is 17.6. The van der Waals surface area contributed by atoms with Gasteiger partial charge in [-0.05, 0) is 46.5 Å². The van der Waals surface area contributed by atoms with Crippen molar-refractivity contribution in [3.63, 3.8) is 0 Å². The molecule has 0 atom stereocenters. The van der Waals surface area contributed by atoms with Gasteiger partial charge in [-0.1, -0.05) is 167 Å². The van der Waals surface area contributed by atoms with E-state index in [0.717, 1.165) is 20.9 Å². The van der Waals surface area contributed by atoms with Crippen LogP contribution in [0.3, 0.4) is 0 Å². The molecule has 0 aromatic heterocycles. The highest BCUT2D eigenvalue weighted by molar-refractivity contribution is 8.76. The van der Waals surface area contributed by atoms with Crippen molar-refractivity contribution in [3.05, 3.63) is 192 Å². The predicted molar refractivity (Wildman–Crippen MR) is 208 cm³/mol. The Morgan fingerprint density at radius 3 is 0.980 bits per heavy atom. The Morgan fingerprint density at radius 1 is 0.360 bits per heavy atom. The van der Waals surface area contributed by atoms with Gasteiger partial charge in [0.2, 0.25) is 20.0 Å². The molecule has 6 rings (SSSR count). The van der Waals surface area contributed by atoms with E-state index in [1.807, 2.05) is 170 Å². The Labute approximate surface area is 303 Å². The molecule has 0 fully saturated rings. The van der Waals surface area contributed by atoms with Crippen molar-refractivity contribution in [2.75, 3.05) is 8.61 Å². The Hall–Kier alpha value is -4.48. The molecule has 254 valence electrons. The van der Waals surface area contributed by atoms with Gasteiger partial charge in [-0.3, -0.25) is 8.61 Å². The largest absolute Gasteiger partial charge is 0.264 e. The van der Waals surface area contributed by atoms with Crippen molar-refractivity contribution in [2.45, 2.75) is 34.4 Å². The molecule has 6 aromatic rings. The van der Waals surface area contributed by atoms with Crippen LogP contribution in [0.5, 0.6) is 0 Å². The Morgan fingerprint density at radius 2 is 0.640 bits per heavy atom. The average molecular weight is 737 g/mol. The molecule has 0 aliphatic carbocycles. The zero-order valence-electron chi connectivity index (χ0n) is 27.2. The number of hydrogen-bond acceptors (Lipinski definition) is 6. The van der Waals surface area contributed by atoms with Crippen LogP contribution in [0.2, 0.25) is 0 Å². The lowest BCUT2D eigenvalue weighted by Gasteiger charge is -2.28. The van der Waals surface area contributed by atoms with E-state index < -0.39 is 20.0 Å². The van der Waals surface area contributed by atoms with Gasteiger partial charge in [-0.15, -0.1) is 0 Å². The molecule has 6 nitrogen and oxygen atoms in total. The average Bonchev–Trinajstić information content (AvgIpc) is 3.13. The number of anilines is 2. The predicted octanol–water partition coefficient (Wildman–Crippen LogP) is 9.56. The second-order valence-electron chi connectivity index (χ2n) is 11.6. The van der Waals surface area contributed by atoms with Crippen LogP contribution in [-0.4, -0.2) is 16.8 Å². The fraction of sp³-hybridized carbons (Fsp3) is 0.100. The minimum atomic E-state index is -3.81. The SMILES string of the molecule is O=S(=O)(Cc1ccccc1)N(Cc1ccccc1)c1ccccc1SSc1ccccc1N(Cc1ccccc1)S(=O)(=O)Cc1ccccc1. The second kappa shape index (κ2) is 16.5. The molecule has 0 aliphatic rings. The summed E-state index contributed by atoms with van der Waals surface area (Å²) in [5.41, 5.74) is 4.24. The molecule has 6 aromatic carbocycles. The minimum Gasteiger partial charge on any atom is -0.264 e. The van der Waals surface area contributed by atoms with E-state index in [1.54, 1.807) is 0 Å². The molecule has 0 saturated heterocycles. The minimum absolute atomic E-state index is 0.149. The van der Waals surface area contributed by atoms with Crippen LogP contribution in [0.25, 0.3) is 0 Å². The molecule has 0 heterocycles. The summed E-state index contributed by atoms with van der Waals surface area (Å²) in [5.74, 6) is -0.299. The summed E-state index contributed by atoms with van der Waals surface area (Å²) in [4.78, 5) is 1.48. The van der Waals surface area contributed by atoms with Crippen molar-refractivity contribution in [3.8, 4) is 0 Å². The first-order valence-corrected chi connectivity index (χ1v) is 21.3. The maximum atomic E-state index is 14.1. The van der Waals surface area contributed by atoms with Gasteiger partial charge in [0.15, 0.2) is 0 Å². The molecule has 0 radical (unpaired) electrons. The van der Waals surface area contributed by atoms with Gasteiger partial charge < -0.3 is 0 Å². The number of nitrogens with zero attached hydrogens (tertiary/aromatic N) is 2. The van der Waals surface area contributed by atoms with Crippen LogP contribution in [-0.2, 0) is 44.6 Å². The number of hydrogen-bond donors (Lipinski definition) is 0. The number of rotatable bonds is 15. The molecule has 0 N–H and O–H groups in total. The summed E-state index contributed by atoms with van der Waals surface area (Å²) >= 11 is 0. The van der Waals surface area contributed by atoms with Crippen LogP contribution in [0.15, 0.2) is 180 Å². The van der Waals surface area contributed by atoms with Crippen LogP contribution in [0.4, 0.5) is 11.4 Å². The first kappa shape index (κ1) is 35.3. The van der Waals surface area contributed by atoms with E-state index in [-0.39, 0.29) is 24.6 Å². The van der Waals surface area contributed by atoms with Crippen LogP contribution in [0, 0.1) is 0 Å². The lowest BCUT2D eigenvalue weighted by Crippen LogP contribution is -2.32. The fourth-order valence-corrected chi connectivity index (χ4v) is 11.1. The van der Waals surface area contributed by atoms with E-state index in [9.17, 15) is 16.8 Å². The highest BCUT2D eigenvalue weighted by Gasteiger charge is 2.28. The third-order valence-electron chi connectivity index (χ3n) is 7.88. The zero-order chi connectivity index (χ0) is 34.8. The highest BCUT2D eigenvalue weighted by Crippen LogP contribution is 2.46. The smallest absolute Gasteiger partial charge is 0.239 e. The summed E-state index contributed by atoms with van der Waals surface area (Å²) in [7, 11) is -4.82. The van der Waals surface area contributed by atoms with Gasteiger partial charge in [0.25, 0.3) is 0 Å². The molecule has 0 amide bonds. The summed E-state index contributed by atoms with van der Waals surface area (Å²) < 4.78 is 59.5. The van der Waals surface area contributed by atoms with E-state index in [1.165, 1.54) is 30.2 Å². The molecule has 0 aliphatic heterocycles. The standard InChI is InChI=1S/C40H36N2O4S4/c43-49(44,31-35-21-9-3-10-22-35)41(29-33-17-5-1-6-18-33)37-25-13-15-27-39(37)47-48-40-28-16-14-26-38(40)42(30-34-19-7-2-8-20-34)50(45,46)32-36-23-11-4-12-24-36/h1-28H,29-32H2. The lowest BCUT2D eigenvalue weighted by atomic mass is 10.2. The maximum absolute atomic E-state index is 14.1. The number of para-hydroxylation sites is 2. The van der Waals surface area contributed by atoms with Crippen molar-refractivity contribution in [1.29, 1.82) is 0 Å². The molecule has 0 unspecified atom stereocenters. The number of benzene rings is 6. The summed E-state index contributed by atoms with van der Waals surface area (Å²) in [6, 6.07) is 52.4. The molecular formula is C40H36N2O4S4. The summed E-state index contributed by atoms with van der Waals surface area (Å²) in [6.07, 6.45) is 0. The molecule has 0 bridgehead atoms. The topological polar surface area (TPSA) is 74.8 Å². The quantitative estimate of drug-likeness (QED) is 0.0979. The third kappa shape index (κ3) is 9.19. The first-order chi connectivity index (χ1) is 24.3. The van der Waals surface area contributed by atoms with Gasteiger partial charge in [0.05, 0.1) is 36.0 Å². The summed E-state index contributed by atoms with van der Waals surface area (Å²) in [6.45, 7) is 0.328. The van der Waals surface area contributed by atoms with Gasteiger partial charge in [-0.2, -0.15) is 0 Å². The van der Waals surface area contributed by atoms with Crippen LogP contribution in [0.1, 0.15) is 22.3 Å². The normalized spacial score (nSPS) is 11.6. The van der Waals surface area contributed by atoms with Crippen molar-refractivity contribution < 1.29 is 16.8 Å². The van der Waals surface area contributed by atoms with Gasteiger partial charge in [-0.25, -0.2) is 16.8 Å². The Kier molecular flexibility index (Phi) is 11.7. The van der Waals surface area contributed by atoms with Gasteiger partial charge >= 0.3 is 0 Å². The van der Waals surface area contributed by atoms with E-state index in [2.05, 4.69) is 0 Å². The van der Waals surface area contributed by atoms with Crippen molar-refractivity contribution in [2.24, 2.45) is 0 Å². The Bertz CT molecular complexity index is 2040. The monoisotopic (exact) mass is 736 g/mol. The van der Waals surface area contributed by atoms with E-state index in [0.29, 0.717) is 22.5 Å². The molecule has 10 heteroatoms. The first-order valence-electron chi connectivity index (χ1n) is 16.0. The number of sulfonamides is 2. The molecular weight excluding hydrogens is 701 g/mol. The third-order valence-corrected chi connectivity index (χ3v) is 13.7. The molecule has 0 spiro atoms. The molecule has 0 saturated carbocycles. The zero-order valence-corrected chi connectivity index (χ0v) is 30.4. The van der Waals surface area contributed by atoms with E-state index in [4.69, 9.17) is 0 Å². The van der Waals surface area contributed by atoms with Crippen LogP contribution >= 0.6 is 21.6 Å². The van der Waals surface area contributed by atoms with Gasteiger partial charge in [0, 0.05) is 9.79 Å². The van der Waals surface area contributed by atoms with E-state index >= 15 is 0 Å². The maximum Gasteiger partial charge on any atom is 0.239 e. The van der Waals surface area contributed by atoms with Gasteiger partial charge in [0.1, 0.15) is 0 Å². The van der Waals surface area contributed by atoms with Crippen molar-refractivity contribution >= 4 is 53.0 Å². The fourth-order valence-electron chi connectivity index (χ4n) is 5.45.